The quantitative estimate of drug-likeness (QED) is 0.602. The highest BCUT2D eigenvalue weighted by Gasteiger charge is 2.10. The fraction of sp³-hybridized carbons (Fsp3) is 0.273. The normalized spacial score (nSPS) is 10.5. The predicted octanol–water partition coefficient (Wildman–Crippen LogP) is 5.13. The van der Waals surface area contributed by atoms with E-state index in [0.29, 0.717) is 0 Å². The minimum atomic E-state index is 0.723. The van der Waals surface area contributed by atoms with Crippen molar-refractivity contribution in [3.8, 4) is 17.0 Å². The number of nitrogens with zero attached hydrogens (tertiary/aromatic N) is 3. The second kappa shape index (κ2) is 9.03. The first-order valence-electron chi connectivity index (χ1n) is 9.26. The van der Waals surface area contributed by atoms with Gasteiger partial charge in [-0.05, 0) is 30.7 Å². The van der Waals surface area contributed by atoms with Crippen LogP contribution >= 0.6 is 0 Å². The van der Waals surface area contributed by atoms with Crippen LogP contribution in [0.2, 0.25) is 0 Å². The first-order chi connectivity index (χ1) is 13.2. The van der Waals surface area contributed by atoms with Crippen LogP contribution in [0.3, 0.4) is 0 Å². The monoisotopic (exact) mass is 362 g/mol. The molecule has 0 aliphatic rings. The molecule has 1 heterocycles. The molecule has 0 radical (unpaired) electrons. The number of rotatable bonds is 8. The number of hydrogen-bond donors (Lipinski definition) is 1. The summed E-state index contributed by atoms with van der Waals surface area (Å²) in [5, 5.41) is 3.38. The van der Waals surface area contributed by atoms with Crippen LogP contribution in [0.15, 0.2) is 60.7 Å². The third-order valence-electron chi connectivity index (χ3n) is 4.33. The van der Waals surface area contributed by atoms with Gasteiger partial charge < -0.3 is 15.0 Å². The SMILES string of the molecule is CCCCN(C)c1nc(Nc2ccc(OC)cc2)cc(-c2ccccc2)n1. The Hall–Kier alpha value is -3.08. The Morgan fingerprint density at radius 2 is 1.74 bits per heavy atom. The molecule has 0 saturated heterocycles. The van der Waals surface area contributed by atoms with E-state index in [2.05, 4.69) is 29.3 Å². The molecule has 27 heavy (non-hydrogen) atoms. The Labute approximate surface area is 161 Å². The molecule has 0 spiro atoms. The maximum atomic E-state index is 5.22. The lowest BCUT2D eigenvalue weighted by Gasteiger charge is -2.19. The van der Waals surface area contributed by atoms with Crippen molar-refractivity contribution >= 4 is 17.5 Å². The van der Waals surface area contributed by atoms with Gasteiger partial charge in [0.05, 0.1) is 12.8 Å². The molecule has 5 nitrogen and oxygen atoms in total. The summed E-state index contributed by atoms with van der Waals surface area (Å²) in [7, 11) is 3.70. The molecular weight excluding hydrogens is 336 g/mol. The Bertz CT molecular complexity index is 850. The highest BCUT2D eigenvalue weighted by molar-refractivity contribution is 5.67. The Morgan fingerprint density at radius 1 is 1.00 bits per heavy atom. The molecule has 0 amide bonds. The molecule has 2 aromatic carbocycles. The van der Waals surface area contributed by atoms with E-state index in [0.717, 1.165) is 53.8 Å². The number of benzene rings is 2. The first kappa shape index (κ1) is 18.7. The second-order valence-corrected chi connectivity index (χ2v) is 6.43. The van der Waals surface area contributed by atoms with Gasteiger partial charge in [-0.3, -0.25) is 0 Å². The summed E-state index contributed by atoms with van der Waals surface area (Å²) in [6, 6.07) is 20.0. The fourth-order valence-electron chi connectivity index (χ4n) is 2.74. The minimum absolute atomic E-state index is 0.723. The number of unbranched alkanes of at least 4 members (excludes halogenated alkanes) is 1. The van der Waals surface area contributed by atoms with Crippen molar-refractivity contribution in [1.29, 1.82) is 0 Å². The van der Waals surface area contributed by atoms with Crippen LogP contribution < -0.4 is 15.0 Å². The highest BCUT2D eigenvalue weighted by Crippen LogP contribution is 2.25. The number of anilines is 3. The van der Waals surface area contributed by atoms with Crippen molar-refractivity contribution in [2.75, 3.05) is 30.9 Å². The van der Waals surface area contributed by atoms with E-state index < -0.39 is 0 Å². The zero-order valence-electron chi connectivity index (χ0n) is 16.1. The van der Waals surface area contributed by atoms with Crippen LogP contribution in [0.5, 0.6) is 5.75 Å². The van der Waals surface area contributed by atoms with Crippen LogP contribution in [-0.2, 0) is 0 Å². The van der Waals surface area contributed by atoms with E-state index in [-0.39, 0.29) is 0 Å². The summed E-state index contributed by atoms with van der Waals surface area (Å²) in [5.74, 6) is 2.32. The van der Waals surface area contributed by atoms with Gasteiger partial charge in [-0.2, -0.15) is 4.98 Å². The Kier molecular flexibility index (Phi) is 6.26. The standard InChI is InChI=1S/C22H26N4O/c1-4-5-15-26(2)22-24-20(17-9-7-6-8-10-17)16-21(25-22)23-18-11-13-19(27-3)14-12-18/h6-14,16H,4-5,15H2,1-3H3,(H,23,24,25). The highest BCUT2D eigenvalue weighted by atomic mass is 16.5. The topological polar surface area (TPSA) is 50.3 Å². The Balaban J connectivity index is 1.93. The average molecular weight is 362 g/mol. The maximum absolute atomic E-state index is 5.22. The van der Waals surface area contributed by atoms with Gasteiger partial charge in [0.15, 0.2) is 0 Å². The average Bonchev–Trinajstić information content (AvgIpc) is 2.73. The van der Waals surface area contributed by atoms with E-state index in [1.807, 2.05) is 55.6 Å². The van der Waals surface area contributed by atoms with Crippen molar-refractivity contribution < 1.29 is 4.74 Å². The fourth-order valence-corrected chi connectivity index (χ4v) is 2.74. The molecule has 0 unspecified atom stereocenters. The van der Waals surface area contributed by atoms with E-state index in [1.54, 1.807) is 7.11 Å². The Morgan fingerprint density at radius 3 is 2.41 bits per heavy atom. The van der Waals surface area contributed by atoms with Crippen LogP contribution in [0.25, 0.3) is 11.3 Å². The largest absolute Gasteiger partial charge is 0.497 e. The van der Waals surface area contributed by atoms with Gasteiger partial charge in [0.25, 0.3) is 0 Å². The third-order valence-corrected chi connectivity index (χ3v) is 4.33. The van der Waals surface area contributed by atoms with Crippen molar-refractivity contribution in [2.45, 2.75) is 19.8 Å². The van der Waals surface area contributed by atoms with Gasteiger partial charge in [-0.1, -0.05) is 43.7 Å². The zero-order valence-corrected chi connectivity index (χ0v) is 16.1. The van der Waals surface area contributed by atoms with Crippen LogP contribution in [0, 0.1) is 0 Å². The molecule has 0 saturated carbocycles. The van der Waals surface area contributed by atoms with Gasteiger partial charge in [-0.25, -0.2) is 4.98 Å². The predicted molar refractivity (Wildman–Crippen MR) is 112 cm³/mol. The molecule has 0 fully saturated rings. The molecular formula is C22H26N4O. The third kappa shape index (κ3) is 4.97. The lowest BCUT2D eigenvalue weighted by Crippen LogP contribution is -2.21. The summed E-state index contributed by atoms with van der Waals surface area (Å²) < 4.78 is 5.22. The molecule has 5 heteroatoms. The second-order valence-electron chi connectivity index (χ2n) is 6.43. The molecule has 0 atom stereocenters. The number of hydrogen-bond acceptors (Lipinski definition) is 5. The lowest BCUT2D eigenvalue weighted by molar-refractivity contribution is 0.415. The van der Waals surface area contributed by atoms with Gasteiger partial charge in [0, 0.05) is 30.9 Å². The molecule has 3 aromatic rings. The van der Waals surface area contributed by atoms with E-state index in [9.17, 15) is 0 Å². The number of methoxy groups -OCH3 is 1. The van der Waals surface area contributed by atoms with Crippen molar-refractivity contribution in [3.63, 3.8) is 0 Å². The van der Waals surface area contributed by atoms with Gasteiger partial charge in [0.2, 0.25) is 5.95 Å². The zero-order chi connectivity index (χ0) is 19.1. The molecule has 140 valence electrons. The van der Waals surface area contributed by atoms with Crippen LogP contribution in [-0.4, -0.2) is 30.7 Å². The van der Waals surface area contributed by atoms with E-state index >= 15 is 0 Å². The van der Waals surface area contributed by atoms with E-state index in [1.165, 1.54) is 0 Å². The van der Waals surface area contributed by atoms with Crippen LogP contribution in [0.4, 0.5) is 17.5 Å². The van der Waals surface area contributed by atoms with Crippen molar-refractivity contribution in [3.05, 3.63) is 60.7 Å². The maximum Gasteiger partial charge on any atom is 0.227 e. The van der Waals surface area contributed by atoms with Gasteiger partial charge in [0.1, 0.15) is 11.6 Å². The number of ether oxygens (including phenoxy) is 1. The van der Waals surface area contributed by atoms with Crippen molar-refractivity contribution in [2.24, 2.45) is 0 Å². The molecule has 1 N–H and O–H groups in total. The van der Waals surface area contributed by atoms with Gasteiger partial charge in [-0.15, -0.1) is 0 Å². The number of aromatic nitrogens is 2. The van der Waals surface area contributed by atoms with Crippen LogP contribution in [0.1, 0.15) is 19.8 Å². The molecule has 1 aromatic heterocycles. The minimum Gasteiger partial charge on any atom is -0.497 e. The summed E-state index contributed by atoms with van der Waals surface area (Å²) >= 11 is 0. The first-order valence-corrected chi connectivity index (χ1v) is 9.26. The smallest absolute Gasteiger partial charge is 0.227 e. The van der Waals surface area contributed by atoms with Gasteiger partial charge >= 0.3 is 0 Å². The summed E-state index contributed by atoms with van der Waals surface area (Å²) in [6.07, 6.45) is 2.25. The molecule has 0 aliphatic carbocycles. The lowest BCUT2D eigenvalue weighted by atomic mass is 10.1. The molecule has 0 bridgehead atoms. The summed E-state index contributed by atoms with van der Waals surface area (Å²) in [6.45, 7) is 3.11. The summed E-state index contributed by atoms with van der Waals surface area (Å²) in [5.41, 5.74) is 2.93. The van der Waals surface area contributed by atoms with Crippen molar-refractivity contribution in [1.82, 2.24) is 9.97 Å². The number of nitrogens with one attached hydrogen (secondary N) is 1. The molecule has 3 rings (SSSR count). The molecule has 0 aliphatic heterocycles. The summed E-state index contributed by atoms with van der Waals surface area (Å²) in [4.78, 5) is 11.6. The van der Waals surface area contributed by atoms with E-state index in [4.69, 9.17) is 14.7 Å².